The number of rotatable bonds is 1. The fourth-order valence-corrected chi connectivity index (χ4v) is 1.95. The molecule has 0 bridgehead atoms. The molecule has 20 heavy (non-hydrogen) atoms. The molecule has 0 fully saturated rings. The molecule has 0 atom stereocenters. The number of nitrogens with zero attached hydrogens (tertiary/aromatic N) is 3. The predicted molar refractivity (Wildman–Crippen MR) is 67.8 cm³/mol. The summed E-state index contributed by atoms with van der Waals surface area (Å²) in [5.41, 5.74) is 5.89. The van der Waals surface area contributed by atoms with Crippen LogP contribution in [-0.2, 0) is 6.18 Å². The Labute approximate surface area is 111 Å². The summed E-state index contributed by atoms with van der Waals surface area (Å²) < 4.78 is 39.3. The first kappa shape index (κ1) is 12.5. The molecule has 0 saturated carbocycles. The molecule has 2 heterocycles. The van der Waals surface area contributed by atoms with Crippen molar-refractivity contribution in [2.45, 2.75) is 6.18 Å². The average molecular weight is 278 g/mol. The minimum atomic E-state index is -4.52. The number of nitrogens with two attached hydrogens (primary N) is 1. The van der Waals surface area contributed by atoms with Crippen LogP contribution >= 0.6 is 0 Å². The highest BCUT2D eigenvalue weighted by atomic mass is 19.4. The Morgan fingerprint density at radius 3 is 2.40 bits per heavy atom. The number of hydrogen-bond acceptors (Lipinski definition) is 3. The van der Waals surface area contributed by atoms with Crippen LogP contribution in [0.5, 0.6) is 0 Å². The molecule has 3 rings (SSSR count). The zero-order valence-electron chi connectivity index (χ0n) is 10.1. The van der Waals surface area contributed by atoms with Crippen LogP contribution in [0.15, 0.2) is 42.5 Å². The zero-order chi connectivity index (χ0) is 14.3. The molecule has 7 heteroatoms. The molecule has 102 valence electrons. The molecular formula is C13H9F3N4. The average Bonchev–Trinajstić information content (AvgIpc) is 2.82. The summed E-state index contributed by atoms with van der Waals surface area (Å²) >= 11 is 0. The molecule has 4 nitrogen and oxygen atoms in total. The van der Waals surface area contributed by atoms with Gasteiger partial charge in [0, 0.05) is 17.7 Å². The molecule has 0 amide bonds. The zero-order valence-corrected chi connectivity index (χ0v) is 10.1. The van der Waals surface area contributed by atoms with Gasteiger partial charge in [0.1, 0.15) is 5.82 Å². The molecule has 0 unspecified atom stereocenters. The van der Waals surface area contributed by atoms with Gasteiger partial charge in [-0.3, -0.25) is 0 Å². The molecule has 3 aromatic rings. The second-order valence-corrected chi connectivity index (χ2v) is 4.23. The number of aromatic nitrogens is 3. The first-order valence-electron chi connectivity index (χ1n) is 5.74. The molecule has 0 aliphatic heterocycles. The van der Waals surface area contributed by atoms with Crippen molar-refractivity contribution in [1.29, 1.82) is 0 Å². The van der Waals surface area contributed by atoms with Gasteiger partial charge in [-0.2, -0.15) is 18.3 Å². The van der Waals surface area contributed by atoms with Crippen LogP contribution < -0.4 is 5.73 Å². The second-order valence-electron chi connectivity index (χ2n) is 4.23. The Morgan fingerprint density at radius 1 is 1.05 bits per heavy atom. The third-order valence-electron chi connectivity index (χ3n) is 2.81. The van der Waals surface area contributed by atoms with Crippen LogP contribution in [0.25, 0.3) is 16.9 Å². The van der Waals surface area contributed by atoms with Crippen LogP contribution in [-0.4, -0.2) is 14.6 Å². The molecule has 2 aromatic heterocycles. The van der Waals surface area contributed by atoms with Crippen molar-refractivity contribution < 1.29 is 13.2 Å². The Hall–Kier alpha value is -2.57. The van der Waals surface area contributed by atoms with Gasteiger partial charge in [0.2, 0.25) is 0 Å². The summed E-state index contributed by atoms with van der Waals surface area (Å²) in [4.78, 5) is 3.87. The summed E-state index contributed by atoms with van der Waals surface area (Å²) in [5.74, 6) is 0.143. The van der Waals surface area contributed by atoms with Gasteiger partial charge in [-0.1, -0.05) is 30.3 Å². The van der Waals surface area contributed by atoms with Gasteiger partial charge in [-0.05, 0) is 0 Å². The van der Waals surface area contributed by atoms with E-state index in [-0.39, 0.29) is 11.5 Å². The number of nitrogen functional groups attached to an aromatic ring is 1. The van der Waals surface area contributed by atoms with Crippen LogP contribution in [0.3, 0.4) is 0 Å². The van der Waals surface area contributed by atoms with Gasteiger partial charge < -0.3 is 5.73 Å². The number of benzene rings is 1. The second kappa shape index (κ2) is 4.22. The molecule has 0 aliphatic rings. The lowest BCUT2D eigenvalue weighted by molar-refractivity contribution is -0.141. The minimum Gasteiger partial charge on any atom is -0.384 e. The highest BCUT2D eigenvalue weighted by Crippen LogP contribution is 2.30. The van der Waals surface area contributed by atoms with Crippen molar-refractivity contribution in [3.05, 3.63) is 48.2 Å². The first-order valence-corrected chi connectivity index (χ1v) is 5.74. The third kappa shape index (κ3) is 2.07. The van der Waals surface area contributed by atoms with Gasteiger partial charge in [0.15, 0.2) is 11.3 Å². The summed E-state index contributed by atoms with van der Waals surface area (Å²) in [6.45, 7) is 0. The van der Waals surface area contributed by atoms with Gasteiger partial charge in [-0.15, -0.1) is 0 Å². The van der Waals surface area contributed by atoms with Crippen molar-refractivity contribution in [1.82, 2.24) is 14.6 Å². The monoisotopic (exact) mass is 278 g/mol. The van der Waals surface area contributed by atoms with Crippen molar-refractivity contribution in [2.75, 3.05) is 5.73 Å². The Bertz CT molecular complexity index is 762. The van der Waals surface area contributed by atoms with E-state index in [1.54, 1.807) is 24.3 Å². The van der Waals surface area contributed by atoms with E-state index in [4.69, 9.17) is 5.73 Å². The number of hydrogen-bond donors (Lipinski definition) is 1. The maximum absolute atomic E-state index is 12.7. The van der Waals surface area contributed by atoms with Gasteiger partial charge in [-0.25, -0.2) is 9.50 Å². The van der Waals surface area contributed by atoms with E-state index in [1.165, 1.54) is 6.07 Å². The summed E-state index contributed by atoms with van der Waals surface area (Å²) in [5, 5.41) is 3.58. The fourth-order valence-electron chi connectivity index (χ4n) is 1.95. The Kier molecular flexibility index (Phi) is 2.63. The predicted octanol–water partition coefficient (Wildman–Crippen LogP) is 3.00. The molecule has 0 saturated heterocycles. The van der Waals surface area contributed by atoms with Crippen LogP contribution in [0, 0.1) is 0 Å². The highest BCUT2D eigenvalue weighted by molar-refractivity contribution is 5.66. The van der Waals surface area contributed by atoms with E-state index in [2.05, 4.69) is 10.1 Å². The maximum atomic E-state index is 12.7. The quantitative estimate of drug-likeness (QED) is 0.744. The first-order chi connectivity index (χ1) is 9.45. The van der Waals surface area contributed by atoms with Crippen molar-refractivity contribution >= 4 is 11.5 Å². The SMILES string of the molecule is Nc1cc(-c2ccccc2)n2nc(C(F)(F)F)cc2n1. The van der Waals surface area contributed by atoms with E-state index in [0.29, 0.717) is 11.3 Å². The van der Waals surface area contributed by atoms with Gasteiger partial charge in [0.05, 0.1) is 5.69 Å². The van der Waals surface area contributed by atoms with Gasteiger partial charge >= 0.3 is 6.18 Å². The minimum absolute atomic E-state index is 0.0659. The topological polar surface area (TPSA) is 56.2 Å². The molecule has 0 aliphatic carbocycles. The standard InChI is InChI=1S/C13H9F3N4/c14-13(15,16)10-7-12-18-11(17)6-9(20(12)19-10)8-4-2-1-3-5-8/h1-7H,(H2,17,18). The molecule has 1 aromatic carbocycles. The van der Waals surface area contributed by atoms with E-state index < -0.39 is 11.9 Å². The van der Waals surface area contributed by atoms with E-state index in [0.717, 1.165) is 10.6 Å². The van der Waals surface area contributed by atoms with Crippen LogP contribution in [0.2, 0.25) is 0 Å². The molecular weight excluding hydrogens is 269 g/mol. The van der Waals surface area contributed by atoms with E-state index >= 15 is 0 Å². The number of fused-ring (bicyclic) bond motifs is 1. The molecule has 0 radical (unpaired) electrons. The van der Waals surface area contributed by atoms with Gasteiger partial charge in [0.25, 0.3) is 0 Å². The van der Waals surface area contributed by atoms with Crippen LogP contribution in [0.1, 0.15) is 5.69 Å². The maximum Gasteiger partial charge on any atom is 0.435 e. The lowest BCUT2D eigenvalue weighted by Gasteiger charge is -2.05. The third-order valence-corrected chi connectivity index (χ3v) is 2.81. The number of anilines is 1. The summed E-state index contributed by atoms with van der Waals surface area (Å²) in [6, 6.07) is 11.3. The Balaban J connectivity index is 2.29. The lowest BCUT2D eigenvalue weighted by Crippen LogP contribution is -2.06. The Morgan fingerprint density at radius 2 is 1.75 bits per heavy atom. The normalized spacial score (nSPS) is 11.9. The van der Waals surface area contributed by atoms with Crippen LogP contribution in [0.4, 0.5) is 19.0 Å². The van der Waals surface area contributed by atoms with Crippen molar-refractivity contribution in [3.8, 4) is 11.3 Å². The summed E-state index contributed by atoms with van der Waals surface area (Å²) in [6.07, 6.45) is -4.52. The largest absolute Gasteiger partial charge is 0.435 e. The smallest absolute Gasteiger partial charge is 0.384 e. The van der Waals surface area contributed by atoms with E-state index in [9.17, 15) is 13.2 Å². The molecule has 2 N–H and O–H groups in total. The number of alkyl halides is 3. The fraction of sp³-hybridized carbons (Fsp3) is 0.0769. The number of halogens is 3. The van der Waals surface area contributed by atoms with E-state index in [1.807, 2.05) is 6.07 Å². The lowest BCUT2D eigenvalue weighted by atomic mass is 10.1. The molecule has 0 spiro atoms. The highest BCUT2D eigenvalue weighted by Gasteiger charge is 2.34. The van der Waals surface area contributed by atoms with Crippen molar-refractivity contribution in [2.24, 2.45) is 0 Å². The van der Waals surface area contributed by atoms with Crippen molar-refractivity contribution in [3.63, 3.8) is 0 Å². The summed E-state index contributed by atoms with van der Waals surface area (Å²) in [7, 11) is 0.